The molecule has 0 aliphatic rings. The van der Waals surface area contributed by atoms with Gasteiger partial charge in [0.25, 0.3) is 5.91 Å². The molecule has 1 aromatic carbocycles. The standard InChI is InChI=1S/C15H14Cl2N2O3/c1-9-3-6-13(22-9)15(21)19(2)8-14(20)18-10-4-5-11(16)12(17)7-10/h3-7H,8H2,1-2H3,(H,18,20). The van der Waals surface area contributed by atoms with Crippen molar-refractivity contribution in [2.45, 2.75) is 6.92 Å². The number of likely N-dealkylation sites (N-methyl/N-ethyl adjacent to an activating group) is 1. The van der Waals surface area contributed by atoms with Gasteiger partial charge in [0.2, 0.25) is 5.91 Å². The van der Waals surface area contributed by atoms with E-state index < -0.39 is 0 Å². The Morgan fingerprint density at radius 3 is 2.50 bits per heavy atom. The van der Waals surface area contributed by atoms with E-state index in [9.17, 15) is 9.59 Å². The first kappa shape index (κ1) is 16.4. The van der Waals surface area contributed by atoms with Gasteiger partial charge in [0.15, 0.2) is 5.76 Å². The van der Waals surface area contributed by atoms with Gasteiger partial charge in [-0.2, -0.15) is 0 Å². The molecular weight excluding hydrogens is 327 g/mol. The summed E-state index contributed by atoms with van der Waals surface area (Å²) in [5.74, 6) is 0.120. The number of hydrogen-bond donors (Lipinski definition) is 1. The van der Waals surface area contributed by atoms with Gasteiger partial charge in [-0.05, 0) is 37.3 Å². The maximum Gasteiger partial charge on any atom is 0.289 e. The maximum absolute atomic E-state index is 12.1. The summed E-state index contributed by atoms with van der Waals surface area (Å²) in [4.78, 5) is 25.3. The van der Waals surface area contributed by atoms with E-state index in [-0.39, 0.29) is 24.1 Å². The van der Waals surface area contributed by atoms with Gasteiger partial charge in [-0.25, -0.2) is 0 Å². The van der Waals surface area contributed by atoms with Crippen molar-refractivity contribution in [1.82, 2.24) is 4.90 Å². The molecule has 1 N–H and O–H groups in total. The summed E-state index contributed by atoms with van der Waals surface area (Å²) in [5, 5.41) is 3.39. The largest absolute Gasteiger partial charge is 0.456 e. The maximum atomic E-state index is 12.1. The number of carbonyl (C=O) groups excluding carboxylic acids is 2. The van der Waals surface area contributed by atoms with Crippen molar-refractivity contribution in [1.29, 1.82) is 0 Å². The number of halogens is 2. The molecule has 2 amide bonds. The first-order chi connectivity index (χ1) is 10.4. The number of benzene rings is 1. The monoisotopic (exact) mass is 340 g/mol. The minimum absolute atomic E-state index is 0.112. The van der Waals surface area contributed by atoms with Crippen LogP contribution in [-0.4, -0.2) is 30.3 Å². The van der Waals surface area contributed by atoms with Gasteiger partial charge in [-0.15, -0.1) is 0 Å². The summed E-state index contributed by atoms with van der Waals surface area (Å²) in [6.07, 6.45) is 0. The molecule has 0 atom stereocenters. The van der Waals surface area contributed by atoms with Crippen LogP contribution in [0.4, 0.5) is 5.69 Å². The average Bonchev–Trinajstić information content (AvgIpc) is 2.88. The lowest BCUT2D eigenvalue weighted by molar-refractivity contribution is -0.116. The van der Waals surface area contributed by atoms with Crippen LogP contribution in [0.25, 0.3) is 0 Å². The van der Waals surface area contributed by atoms with E-state index in [1.165, 1.54) is 11.9 Å². The zero-order chi connectivity index (χ0) is 16.3. The Kier molecular flexibility index (Phi) is 5.11. The van der Waals surface area contributed by atoms with Crippen molar-refractivity contribution in [3.63, 3.8) is 0 Å². The Bertz CT molecular complexity index is 713. The summed E-state index contributed by atoms with van der Waals surface area (Å²) in [6.45, 7) is 1.63. The number of carbonyl (C=O) groups is 2. The highest BCUT2D eigenvalue weighted by molar-refractivity contribution is 6.42. The van der Waals surface area contributed by atoms with Crippen LogP contribution in [0.5, 0.6) is 0 Å². The molecule has 5 nitrogen and oxygen atoms in total. The highest BCUT2D eigenvalue weighted by Gasteiger charge is 2.18. The number of nitrogens with one attached hydrogen (secondary N) is 1. The van der Waals surface area contributed by atoms with Crippen LogP contribution in [-0.2, 0) is 4.79 Å². The quantitative estimate of drug-likeness (QED) is 0.924. The van der Waals surface area contributed by atoms with Gasteiger partial charge in [-0.1, -0.05) is 23.2 Å². The molecule has 0 aliphatic carbocycles. The van der Waals surface area contributed by atoms with Crippen molar-refractivity contribution in [2.75, 3.05) is 18.9 Å². The lowest BCUT2D eigenvalue weighted by Crippen LogP contribution is -2.34. The fourth-order valence-electron chi connectivity index (χ4n) is 1.80. The number of nitrogens with zero attached hydrogens (tertiary/aromatic N) is 1. The summed E-state index contributed by atoms with van der Waals surface area (Å²) < 4.78 is 5.24. The molecule has 0 bridgehead atoms. The van der Waals surface area contributed by atoms with E-state index in [4.69, 9.17) is 27.6 Å². The minimum atomic E-state index is -0.364. The number of hydrogen-bond acceptors (Lipinski definition) is 3. The predicted octanol–water partition coefficient (Wildman–Crippen LogP) is 3.61. The molecule has 2 rings (SSSR count). The molecule has 0 aliphatic heterocycles. The zero-order valence-electron chi connectivity index (χ0n) is 12.0. The summed E-state index contributed by atoms with van der Waals surface area (Å²) in [6, 6.07) is 8.02. The number of rotatable bonds is 4. The van der Waals surface area contributed by atoms with E-state index >= 15 is 0 Å². The lowest BCUT2D eigenvalue weighted by atomic mass is 10.3. The summed E-state index contributed by atoms with van der Waals surface area (Å²) in [5.41, 5.74) is 0.508. The molecular formula is C15H14Cl2N2O3. The SMILES string of the molecule is Cc1ccc(C(=O)N(C)CC(=O)Nc2ccc(Cl)c(Cl)c2)o1. The van der Waals surface area contributed by atoms with Crippen LogP contribution >= 0.6 is 23.2 Å². The van der Waals surface area contributed by atoms with Gasteiger partial charge >= 0.3 is 0 Å². The minimum Gasteiger partial charge on any atom is -0.456 e. The number of aryl methyl sites for hydroxylation is 1. The van der Waals surface area contributed by atoms with Crippen LogP contribution in [0.2, 0.25) is 10.0 Å². The van der Waals surface area contributed by atoms with Gasteiger partial charge in [0.1, 0.15) is 5.76 Å². The van der Waals surface area contributed by atoms with Gasteiger partial charge in [-0.3, -0.25) is 9.59 Å². The van der Waals surface area contributed by atoms with E-state index in [2.05, 4.69) is 5.32 Å². The van der Waals surface area contributed by atoms with Crippen molar-refractivity contribution in [2.24, 2.45) is 0 Å². The Morgan fingerprint density at radius 1 is 1.18 bits per heavy atom. The summed E-state index contributed by atoms with van der Waals surface area (Å²) >= 11 is 11.7. The number of anilines is 1. The second kappa shape index (κ2) is 6.85. The first-order valence-corrected chi connectivity index (χ1v) is 7.19. The number of furan rings is 1. The van der Waals surface area contributed by atoms with Crippen LogP contribution < -0.4 is 5.32 Å². The Balaban J connectivity index is 1.96. The average molecular weight is 341 g/mol. The topological polar surface area (TPSA) is 62.6 Å². The Hall–Kier alpha value is -1.98. The normalized spacial score (nSPS) is 10.4. The van der Waals surface area contributed by atoms with E-state index in [0.29, 0.717) is 21.5 Å². The van der Waals surface area contributed by atoms with Crippen LogP contribution in [0.3, 0.4) is 0 Å². The third-order valence-corrected chi connectivity index (χ3v) is 3.62. The summed E-state index contributed by atoms with van der Waals surface area (Å²) in [7, 11) is 1.52. The molecule has 7 heteroatoms. The third-order valence-electron chi connectivity index (χ3n) is 2.88. The van der Waals surface area contributed by atoms with E-state index in [1.807, 2.05) is 0 Å². The first-order valence-electron chi connectivity index (χ1n) is 6.43. The van der Waals surface area contributed by atoms with Crippen molar-refractivity contribution < 1.29 is 14.0 Å². The van der Waals surface area contributed by atoms with Gasteiger partial charge in [0, 0.05) is 12.7 Å². The lowest BCUT2D eigenvalue weighted by Gasteiger charge is -2.15. The van der Waals surface area contributed by atoms with Crippen molar-refractivity contribution in [3.8, 4) is 0 Å². The fourth-order valence-corrected chi connectivity index (χ4v) is 2.10. The fraction of sp³-hybridized carbons (Fsp3) is 0.200. The molecule has 2 aromatic rings. The van der Waals surface area contributed by atoms with E-state index in [1.54, 1.807) is 37.3 Å². The van der Waals surface area contributed by atoms with Crippen LogP contribution in [0.15, 0.2) is 34.7 Å². The molecule has 1 aromatic heterocycles. The molecule has 0 radical (unpaired) electrons. The molecule has 0 fully saturated rings. The molecule has 116 valence electrons. The molecule has 0 spiro atoms. The molecule has 22 heavy (non-hydrogen) atoms. The molecule has 1 heterocycles. The predicted molar refractivity (Wildman–Crippen MR) is 85.5 cm³/mol. The van der Waals surface area contributed by atoms with Crippen molar-refractivity contribution in [3.05, 3.63) is 51.9 Å². The second-order valence-electron chi connectivity index (χ2n) is 4.75. The van der Waals surface area contributed by atoms with Gasteiger partial charge < -0.3 is 14.6 Å². The number of amides is 2. The smallest absolute Gasteiger partial charge is 0.289 e. The Morgan fingerprint density at radius 2 is 1.91 bits per heavy atom. The Labute approximate surface area is 137 Å². The second-order valence-corrected chi connectivity index (χ2v) is 5.56. The zero-order valence-corrected chi connectivity index (χ0v) is 13.5. The molecule has 0 unspecified atom stereocenters. The van der Waals surface area contributed by atoms with Crippen LogP contribution in [0, 0.1) is 6.92 Å². The van der Waals surface area contributed by atoms with E-state index in [0.717, 1.165) is 0 Å². The highest BCUT2D eigenvalue weighted by Crippen LogP contribution is 2.24. The molecule has 0 saturated heterocycles. The van der Waals surface area contributed by atoms with Crippen molar-refractivity contribution >= 4 is 40.7 Å². The van der Waals surface area contributed by atoms with Gasteiger partial charge in [0.05, 0.1) is 16.6 Å². The highest BCUT2D eigenvalue weighted by atomic mass is 35.5. The molecule has 0 saturated carbocycles. The van der Waals surface area contributed by atoms with Crippen LogP contribution in [0.1, 0.15) is 16.3 Å². The third kappa shape index (κ3) is 4.02.